The second-order valence-corrected chi connectivity index (χ2v) is 4.55. The van der Waals surface area contributed by atoms with Gasteiger partial charge in [-0.05, 0) is 51.2 Å². The Labute approximate surface area is 98.7 Å². The number of rotatable bonds is 2. The lowest BCUT2D eigenvalue weighted by Crippen LogP contribution is -2.30. The van der Waals surface area contributed by atoms with Crippen molar-refractivity contribution < 1.29 is 0 Å². The van der Waals surface area contributed by atoms with Crippen LogP contribution in [0.4, 0.5) is 0 Å². The molecule has 2 heteroatoms. The van der Waals surface area contributed by atoms with E-state index < -0.39 is 0 Å². The van der Waals surface area contributed by atoms with Gasteiger partial charge in [-0.2, -0.15) is 0 Å². The van der Waals surface area contributed by atoms with Gasteiger partial charge >= 0.3 is 0 Å². The van der Waals surface area contributed by atoms with Gasteiger partial charge in [-0.1, -0.05) is 5.57 Å². The molecule has 2 rings (SSSR count). The van der Waals surface area contributed by atoms with E-state index in [4.69, 9.17) is 0 Å². The number of aliphatic imine (C=N–C) groups is 1. The first-order valence-electron chi connectivity index (χ1n) is 6.54. The average Bonchev–Trinajstić information content (AvgIpc) is 2.53. The molecular weight excluding hydrogens is 196 g/mol. The van der Waals surface area contributed by atoms with Gasteiger partial charge in [0.1, 0.15) is 5.84 Å². The topological polar surface area (TPSA) is 15.6 Å². The minimum Gasteiger partial charge on any atom is -0.360 e. The summed E-state index contributed by atoms with van der Waals surface area (Å²) in [5.41, 5.74) is 3.18. The minimum atomic E-state index is 1.06. The highest BCUT2D eigenvalue weighted by atomic mass is 15.2. The maximum atomic E-state index is 4.61. The summed E-state index contributed by atoms with van der Waals surface area (Å²) in [5.74, 6) is 1.26. The highest BCUT2D eigenvalue weighted by Gasteiger charge is 2.17. The van der Waals surface area contributed by atoms with Gasteiger partial charge in [0.2, 0.25) is 0 Å². The molecule has 0 amide bonds. The highest BCUT2D eigenvalue weighted by molar-refractivity contribution is 5.85. The summed E-state index contributed by atoms with van der Waals surface area (Å²) in [6.45, 7) is 6.53. The Kier molecular flexibility index (Phi) is 3.81. The molecule has 0 saturated heterocycles. The number of allylic oxidation sites excluding steroid dienone is 2. The molecule has 0 aromatic rings. The van der Waals surface area contributed by atoms with Crippen molar-refractivity contribution in [3.8, 4) is 0 Å². The van der Waals surface area contributed by atoms with E-state index in [2.05, 4.69) is 29.8 Å². The molecule has 1 aliphatic carbocycles. The van der Waals surface area contributed by atoms with Crippen LogP contribution in [0.1, 0.15) is 46.0 Å². The van der Waals surface area contributed by atoms with Gasteiger partial charge in [0.15, 0.2) is 0 Å². The molecule has 0 radical (unpaired) electrons. The average molecular weight is 218 g/mol. The predicted molar refractivity (Wildman–Crippen MR) is 69.6 cm³/mol. The number of amidine groups is 1. The van der Waals surface area contributed by atoms with Gasteiger partial charge in [-0.3, -0.25) is 0 Å². The van der Waals surface area contributed by atoms with Crippen molar-refractivity contribution in [2.75, 3.05) is 13.1 Å². The first kappa shape index (κ1) is 11.4. The lowest BCUT2D eigenvalue weighted by Gasteiger charge is -2.24. The largest absolute Gasteiger partial charge is 0.360 e. The van der Waals surface area contributed by atoms with Gasteiger partial charge in [0.05, 0.1) is 0 Å². The number of nitrogens with zero attached hydrogens (tertiary/aromatic N) is 2. The van der Waals surface area contributed by atoms with Crippen molar-refractivity contribution in [2.45, 2.75) is 46.0 Å². The van der Waals surface area contributed by atoms with E-state index >= 15 is 0 Å². The summed E-state index contributed by atoms with van der Waals surface area (Å²) in [4.78, 5) is 6.98. The van der Waals surface area contributed by atoms with Crippen LogP contribution in [0.5, 0.6) is 0 Å². The Hall–Kier alpha value is -1.05. The molecule has 0 saturated carbocycles. The van der Waals surface area contributed by atoms with E-state index in [9.17, 15) is 0 Å². The van der Waals surface area contributed by atoms with Crippen LogP contribution in [0.2, 0.25) is 0 Å². The lowest BCUT2D eigenvalue weighted by molar-refractivity contribution is 0.457. The van der Waals surface area contributed by atoms with Crippen molar-refractivity contribution in [2.24, 2.45) is 4.99 Å². The Morgan fingerprint density at radius 2 is 1.94 bits per heavy atom. The van der Waals surface area contributed by atoms with Crippen molar-refractivity contribution in [3.05, 3.63) is 23.4 Å². The quantitative estimate of drug-likeness (QED) is 0.692. The molecule has 0 bridgehead atoms. The highest BCUT2D eigenvalue weighted by Crippen LogP contribution is 2.30. The summed E-state index contributed by atoms with van der Waals surface area (Å²) in [6.07, 6.45) is 10.5. The Morgan fingerprint density at radius 1 is 1.19 bits per heavy atom. The minimum absolute atomic E-state index is 1.06. The van der Waals surface area contributed by atoms with Gasteiger partial charge in [-0.25, -0.2) is 4.99 Å². The molecular formula is C14H22N2. The second kappa shape index (κ2) is 5.33. The normalized spacial score (nSPS) is 20.2. The van der Waals surface area contributed by atoms with E-state index in [0.717, 1.165) is 19.5 Å². The van der Waals surface area contributed by atoms with Gasteiger partial charge < -0.3 is 4.90 Å². The summed E-state index contributed by atoms with van der Waals surface area (Å²) in [6, 6.07) is 0. The van der Waals surface area contributed by atoms with Crippen LogP contribution in [0.25, 0.3) is 0 Å². The fraction of sp³-hybridized carbons (Fsp3) is 0.643. The number of hydrogen-bond donors (Lipinski definition) is 0. The van der Waals surface area contributed by atoms with Crippen LogP contribution >= 0.6 is 0 Å². The first-order valence-corrected chi connectivity index (χ1v) is 6.54. The van der Waals surface area contributed by atoms with Crippen LogP contribution in [0.3, 0.4) is 0 Å². The van der Waals surface area contributed by atoms with E-state index in [0.29, 0.717) is 0 Å². The zero-order chi connectivity index (χ0) is 11.4. The van der Waals surface area contributed by atoms with Crippen LogP contribution in [0, 0.1) is 0 Å². The maximum absolute atomic E-state index is 4.61. The van der Waals surface area contributed by atoms with Crippen molar-refractivity contribution in [3.63, 3.8) is 0 Å². The molecule has 0 spiro atoms. The standard InChI is InChI=1S/C14H22N2/c1-3-16(4-2)14-11-13-8-6-5-7-12(13)9-10-15-14/h9-10H,3-8,11H2,1-2H3. The molecule has 1 heterocycles. The zero-order valence-electron chi connectivity index (χ0n) is 10.5. The van der Waals surface area contributed by atoms with Crippen LogP contribution in [0.15, 0.2) is 28.4 Å². The Balaban J connectivity index is 2.17. The summed E-state index contributed by atoms with van der Waals surface area (Å²) >= 11 is 0. The number of hydrogen-bond acceptors (Lipinski definition) is 2. The third-order valence-electron chi connectivity index (χ3n) is 3.63. The zero-order valence-corrected chi connectivity index (χ0v) is 10.5. The fourth-order valence-electron chi connectivity index (χ4n) is 2.63. The molecule has 16 heavy (non-hydrogen) atoms. The predicted octanol–water partition coefficient (Wildman–Crippen LogP) is 3.51. The van der Waals surface area contributed by atoms with Crippen LogP contribution in [-0.2, 0) is 0 Å². The fourth-order valence-corrected chi connectivity index (χ4v) is 2.63. The molecule has 0 N–H and O–H groups in total. The molecule has 0 atom stereocenters. The van der Waals surface area contributed by atoms with Crippen LogP contribution < -0.4 is 0 Å². The van der Waals surface area contributed by atoms with Crippen LogP contribution in [-0.4, -0.2) is 23.8 Å². The second-order valence-electron chi connectivity index (χ2n) is 4.55. The lowest BCUT2D eigenvalue weighted by atomic mass is 9.90. The molecule has 0 fully saturated rings. The first-order chi connectivity index (χ1) is 7.85. The molecule has 0 aromatic carbocycles. The maximum Gasteiger partial charge on any atom is 0.108 e. The van der Waals surface area contributed by atoms with Gasteiger partial charge in [0, 0.05) is 25.7 Å². The summed E-state index contributed by atoms with van der Waals surface area (Å²) < 4.78 is 0. The third-order valence-corrected chi connectivity index (χ3v) is 3.63. The summed E-state index contributed by atoms with van der Waals surface area (Å²) in [5, 5.41) is 0. The van der Waals surface area contributed by atoms with E-state index in [-0.39, 0.29) is 0 Å². The van der Waals surface area contributed by atoms with Crippen molar-refractivity contribution in [1.29, 1.82) is 0 Å². The Bertz CT molecular complexity index is 333. The molecule has 0 aromatic heterocycles. The third kappa shape index (κ3) is 2.37. The van der Waals surface area contributed by atoms with Crippen molar-refractivity contribution >= 4 is 5.84 Å². The van der Waals surface area contributed by atoms with E-state index in [1.165, 1.54) is 31.5 Å². The molecule has 1 aliphatic heterocycles. The van der Waals surface area contributed by atoms with Gasteiger partial charge in [0.25, 0.3) is 0 Å². The van der Waals surface area contributed by atoms with E-state index in [1.54, 1.807) is 11.1 Å². The molecule has 0 unspecified atom stereocenters. The SMILES string of the molecule is CCN(CC)C1=NC=CC2=C(CCCC2)C1. The molecule has 2 nitrogen and oxygen atoms in total. The van der Waals surface area contributed by atoms with Crippen molar-refractivity contribution in [1.82, 2.24) is 4.90 Å². The van der Waals surface area contributed by atoms with E-state index in [1.807, 2.05) is 6.20 Å². The van der Waals surface area contributed by atoms with Gasteiger partial charge in [-0.15, -0.1) is 0 Å². The molecule has 88 valence electrons. The monoisotopic (exact) mass is 218 g/mol. The molecule has 2 aliphatic rings. The summed E-state index contributed by atoms with van der Waals surface area (Å²) in [7, 11) is 0. The Morgan fingerprint density at radius 3 is 2.69 bits per heavy atom. The smallest absolute Gasteiger partial charge is 0.108 e.